The van der Waals surface area contributed by atoms with E-state index < -0.39 is 26.0 Å². The van der Waals surface area contributed by atoms with Gasteiger partial charge in [-0.2, -0.15) is 31.8 Å². The van der Waals surface area contributed by atoms with Crippen LogP contribution in [-0.4, -0.2) is 53.2 Å². The van der Waals surface area contributed by atoms with Gasteiger partial charge in [0.15, 0.2) is 0 Å². The summed E-state index contributed by atoms with van der Waals surface area (Å²) in [6.45, 7) is 1.35. The molecule has 142 valence electrons. The lowest BCUT2D eigenvalue weighted by molar-refractivity contribution is 0.481. The van der Waals surface area contributed by atoms with Crippen LogP contribution in [0.2, 0.25) is 5.28 Å². The number of hydrogen-bond acceptors (Lipinski definition) is 9. The maximum atomic E-state index is 11.2. The minimum Gasteiger partial charge on any atom is -0.353 e. The van der Waals surface area contributed by atoms with Gasteiger partial charge in [-0.25, -0.2) is 0 Å². The number of halogens is 1. The first-order valence-corrected chi connectivity index (χ1v) is 10.3. The summed E-state index contributed by atoms with van der Waals surface area (Å²) in [6, 6.07) is 4.05. The molecule has 4 N–H and O–H groups in total. The standard InChI is InChI=1S/C12H14ClN5O6S2/c1-7-6-8(2-3-9(7)26(22,23)24)15-12-17-10(13)16-11(18-12)14-4-5-25(19,20)21/h2-3,6H,4-5H2,1H3,(H,19,20,21)(H,22,23,24)(H2,14,15,16,17,18). The molecular weight excluding hydrogens is 410 g/mol. The average Bonchev–Trinajstić information content (AvgIpc) is 2.43. The fraction of sp³-hybridized carbons (Fsp3) is 0.250. The fourth-order valence-corrected chi connectivity index (χ4v) is 3.15. The normalized spacial score (nSPS) is 12.0. The Balaban J connectivity index is 2.18. The van der Waals surface area contributed by atoms with Crippen molar-refractivity contribution < 1.29 is 25.9 Å². The van der Waals surface area contributed by atoms with E-state index in [9.17, 15) is 16.8 Å². The van der Waals surface area contributed by atoms with Crippen LogP contribution in [-0.2, 0) is 20.2 Å². The Labute approximate surface area is 154 Å². The summed E-state index contributed by atoms with van der Waals surface area (Å²) in [6.07, 6.45) is 0. The Hall–Kier alpha value is -2.06. The molecule has 0 aliphatic rings. The van der Waals surface area contributed by atoms with Crippen LogP contribution < -0.4 is 10.6 Å². The van der Waals surface area contributed by atoms with Gasteiger partial charge in [-0.05, 0) is 42.3 Å². The van der Waals surface area contributed by atoms with E-state index in [1.54, 1.807) is 0 Å². The molecule has 1 aromatic heterocycles. The van der Waals surface area contributed by atoms with Gasteiger partial charge in [-0.15, -0.1) is 0 Å². The van der Waals surface area contributed by atoms with Crippen molar-refractivity contribution in [3.8, 4) is 0 Å². The molecule has 0 radical (unpaired) electrons. The molecule has 2 rings (SSSR count). The van der Waals surface area contributed by atoms with Crippen molar-refractivity contribution >= 4 is 49.4 Å². The number of nitrogens with zero attached hydrogens (tertiary/aromatic N) is 3. The van der Waals surface area contributed by atoms with Crippen molar-refractivity contribution in [1.82, 2.24) is 15.0 Å². The van der Waals surface area contributed by atoms with Gasteiger partial charge in [0.1, 0.15) is 0 Å². The van der Waals surface area contributed by atoms with Crippen molar-refractivity contribution in [1.29, 1.82) is 0 Å². The molecule has 1 heterocycles. The molecule has 0 spiro atoms. The highest BCUT2D eigenvalue weighted by Crippen LogP contribution is 2.22. The van der Waals surface area contributed by atoms with E-state index in [-0.39, 0.29) is 28.6 Å². The Morgan fingerprint density at radius 3 is 2.31 bits per heavy atom. The summed E-state index contributed by atoms with van der Waals surface area (Å²) in [5.74, 6) is -0.559. The molecule has 0 unspecified atom stereocenters. The highest BCUT2D eigenvalue weighted by molar-refractivity contribution is 7.86. The van der Waals surface area contributed by atoms with Gasteiger partial charge in [-0.3, -0.25) is 9.11 Å². The first-order chi connectivity index (χ1) is 11.9. The summed E-state index contributed by atoms with van der Waals surface area (Å²) in [5.41, 5.74) is 0.713. The van der Waals surface area contributed by atoms with Gasteiger partial charge >= 0.3 is 0 Å². The highest BCUT2D eigenvalue weighted by atomic mass is 35.5. The van der Waals surface area contributed by atoms with Crippen LogP contribution >= 0.6 is 11.6 Å². The number of hydrogen-bond donors (Lipinski definition) is 4. The Morgan fingerprint density at radius 1 is 1.08 bits per heavy atom. The summed E-state index contributed by atoms with van der Waals surface area (Å²) in [4.78, 5) is 11.4. The number of benzene rings is 1. The molecule has 0 aliphatic carbocycles. The molecule has 0 saturated heterocycles. The van der Waals surface area contributed by atoms with Crippen molar-refractivity contribution in [3.05, 3.63) is 29.0 Å². The van der Waals surface area contributed by atoms with Gasteiger partial charge in [0.2, 0.25) is 17.2 Å². The van der Waals surface area contributed by atoms with E-state index in [2.05, 4.69) is 25.6 Å². The van der Waals surface area contributed by atoms with Crippen LogP contribution in [0.1, 0.15) is 5.56 Å². The number of aryl methyl sites for hydroxylation is 1. The number of rotatable bonds is 7. The Morgan fingerprint density at radius 2 is 1.73 bits per heavy atom. The lowest BCUT2D eigenvalue weighted by Gasteiger charge is -2.09. The maximum Gasteiger partial charge on any atom is 0.294 e. The molecule has 26 heavy (non-hydrogen) atoms. The summed E-state index contributed by atoms with van der Waals surface area (Å²) < 4.78 is 61.6. The first-order valence-electron chi connectivity index (χ1n) is 6.90. The lowest BCUT2D eigenvalue weighted by Crippen LogP contribution is -2.16. The zero-order chi connectivity index (χ0) is 19.5. The van der Waals surface area contributed by atoms with Crippen LogP contribution in [0.25, 0.3) is 0 Å². The molecular formula is C12H14ClN5O6S2. The molecule has 0 fully saturated rings. The lowest BCUT2D eigenvalue weighted by atomic mass is 10.2. The van der Waals surface area contributed by atoms with E-state index in [1.807, 2.05) is 0 Å². The Bertz CT molecular complexity index is 1030. The van der Waals surface area contributed by atoms with Crippen molar-refractivity contribution in [3.63, 3.8) is 0 Å². The second kappa shape index (κ2) is 7.67. The number of anilines is 3. The molecule has 0 amide bonds. The third-order valence-corrected chi connectivity index (χ3v) is 4.86. The van der Waals surface area contributed by atoms with E-state index in [0.717, 1.165) is 0 Å². The van der Waals surface area contributed by atoms with E-state index in [1.165, 1.54) is 25.1 Å². The minimum atomic E-state index is -4.33. The predicted octanol–water partition coefficient (Wildman–Crippen LogP) is 1.12. The minimum absolute atomic E-state index is 0.0124. The van der Waals surface area contributed by atoms with Crippen LogP contribution in [0.3, 0.4) is 0 Å². The maximum absolute atomic E-state index is 11.2. The second-order valence-corrected chi connectivity index (χ2v) is 8.34. The highest BCUT2D eigenvalue weighted by Gasteiger charge is 2.14. The van der Waals surface area contributed by atoms with Gasteiger partial charge < -0.3 is 10.6 Å². The van der Waals surface area contributed by atoms with Gasteiger partial charge in [0.25, 0.3) is 20.2 Å². The van der Waals surface area contributed by atoms with Gasteiger partial charge in [0.05, 0.1) is 10.6 Å². The average molecular weight is 424 g/mol. The molecule has 1 aromatic carbocycles. The van der Waals surface area contributed by atoms with Crippen LogP contribution in [0, 0.1) is 6.92 Å². The topological polar surface area (TPSA) is 171 Å². The summed E-state index contributed by atoms with van der Waals surface area (Å²) in [5, 5.41) is 5.17. The third-order valence-electron chi connectivity index (χ3n) is 2.96. The molecule has 0 aliphatic heterocycles. The monoisotopic (exact) mass is 423 g/mol. The zero-order valence-electron chi connectivity index (χ0n) is 13.2. The summed E-state index contributed by atoms with van der Waals surface area (Å²) in [7, 11) is -8.46. The molecule has 0 bridgehead atoms. The van der Waals surface area contributed by atoms with Gasteiger partial charge in [0, 0.05) is 12.2 Å². The number of aromatic nitrogens is 3. The molecule has 0 saturated carbocycles. The van der Waals surface area contributed by atoms with Crippen molar-refractivity contribution in [2.45, 2.75) is 11.8 Å². The Kier molecular flexibility index (Phi) is 5.98. The second-order valence-electron chi connectivity index (χ2n) is 5.04. The third kappa shape index (κ3) is 6.03. The molecule has 11 nitrogen and oxygen atoms in total. The predicted molar refractivity (Wildman–Crippen MR) is 94.0 cm³/mol. The largest absolute Gasteiger partial charge is 0.353 e. The van der Waals surface area contributed by atoms with Crippen molar-refractivity contribution in [2.24, 2.45) is 0 Å². The van der Waals surface area contributed by atoms with Crippen molar-refractivity contribution in [2.75, 3.05) is 22.9 Å². The van der Waals surface area contributed by atoms with Gasteiger partial charge in [-0.1, -0.05) is 0 Å². The molecule has 2 aromatic rings. The smallest absolute Gasteiger partial charge is 0.294 e. The van der Waals surface area contributed by atoms with Crippen LogP contribution in [0.4, 0.5) is 17.6 Å². The van der Waals surface area contributed by atoms with E-state index in [0.29, 0.717) is 11.3 Å². The summed E-state index contributed by atoms with van der Waals surface area (Å²) >= 11 is 5.78. The fourth-order valence-electron chi connectivity index (χ4n) is 1.92. The van der Waals surface area contributed by atoms with E-state index >= 15 is 0 Å². The van der Waals surface area contributed by atoms with Crippen LogP contribution in [0.5, 0.6) is 0 Å². The SMILES string of the molecule is Cc1cc(Nc2nc(Cl)nc(NCCS(=O)(=O)O)n2)ccc1S(=O)(=O)O. The first kappa shape index (κ1) is 20.3. The van der Waals surface area contributed by atoms with Crippen LogP contribution in [0.15, 0.2) is 23.1 Å². The van der Waals surface area contributed by atoms with E-state index in [4.69, 9.17) is 20.7 Å². The zero-order valence-corrected chi connectivity index (χ0v) is 15.6. The molecule has 14 heteroatoms. The number of nitrogens with one attached hydrogen (secondary N) is 2. The quantitative estimate of drug-likeness (QED) is 0.470. The molecule has 0 atom stereocenters.